The number of nitrogens with one attached hydrogen (secondary N) is 1. The Bertz CT molecular complexity index is 680. The first-order valence-corrected chi connectivity index (χ1v) is 8.75. The van der Waals surface area contributed by atoms with Gasteiger partial charge in [0, 0.05) is 25.2 Å². The fraction of sp³-hybridized carbons (Fsp3) is 0.474. The summed E-state index contributed by atoms with van der Waals surface area (Å²) in [5, 5.41) is 16.9. The van der Waals surface area contributed by atoms with Gasteiger partial charge in [0.25, 0.3) is 0 Å². The summed E-state index contributed by atoms with van der Waals surface area (Å²) in [5.41, 5.74) is 0.994. The second kappa shape index (κ2) is 8.16. The van der Waals surface area contributed by atoms with Crippen molar-refractivity contribution in [2.45, 2.75) is 37.8 Å². The molecule has 1 saturated carbocycles. The summed E-state index contributed by atoms with van der Waals surface area (Å²) in [4.78, 5) is 12.3. The lowest BCUT2D eigenvalue weighted by Crippen LogP contribution is -2.41. The number of aryl methyl sites for hydroxylation is 1. The number of ether oxygens (including phenoxy) is 1. The van der Waals surface area contributed by atoms with Crippen LogP contribution in [0.1, 0.15) is 37.3 Å². The standard InChI is InChI=1S/C19H25N3O3/c1-22-13-15(12-20-22)19(14-10-16(23)11-14)21-18(24)8-5-9-25-17-6-3-2-4-7-17/h2-4,6-7,12-14,16,19,23H,5,8-11H2,1H3,(H,21,24)/t14?,16?,19-/m1/s1. The summed E-state index contributed by atoms with van der Waals surface area (Å²) in [5.74, 6) is 1.09. The fourth-order valence-corrected chi connectivity index (χ4v) is 3.16. The molecule has 6 heteroatoms. The summed E-state index contributed by atoms with van der Waals surface area (Å²) in [6.07, 6.45) is 5.98. The molecule has 0 bridgehead atoms. The molecule has 0 saturated heterocycles. The molecule has 1 aromatic carbocycles. The molecule has 0 unspecified atom stereocenters. The van der Waals surface area contributed by atoms with E-state index in [4.69, 9.17) is 4.74 Å². The maximum atomic E-state index is 12.3. The molecule has 2 aromatic rings. The van der Waals surface area contributed by atoms with Crippen molar-refractivity contribution in [2.75, 3.05) is 6.61 Å². The van der Waals surface area contributed by atoms with Gasteiger partial charge in [-0.2, -0.15) is 5.10 Å². The Kier molecular flexibility index (Phi) is 5.71. The highest BCUT2D eigenvalue weighted by atomic mass is 16.5. The smallest absolute Gasteiger partial charge is 0.220 e. The van der Waals surface area contributed by atoms with Gasteiger partial charge in [-0.3, -0.25) is 9.48 Å². The van der Waals surface area contributed by atoms with Crippen molar-refractivity contribution in [3.8, 4) is 5.75 Å². The zero-order chi connectivity index (χ0) is 17.6. The first-order chi connectivity index (χ1) is 12.1. The Hall–Kier alpha value is -2.34. The first kappa shape index (κ1) is 17.5. The van der Waals surface area contributed by atoms with Crippen molar-refractivity contribution < 1.29 is 14.6 Å². The number of aliphatic hydroxyl groups excluding tert-OH is 1. The third-order valence-corrected chi connectivity index (χ3v) is 4.58. The molecule has 1 heterocycles. The van der Waals surface area contributed by atoms with Gasteiger partial charge in [-0.1, -0.05) is 18.2 Å². The molecule has 1 aliphatic carbocycles. The van der Waals surface area contributed by atoms with Crippen molar-refractivity contribution in [2.24, 2.45) is 13.0 Å². The average molecular weight is 343 g/mol. The minimum atomic E-state index is -0.250. The van der Waals surface area contributed by atoms with Crippen LogP contribution < -0.4 is 10.1 Å². The number of benzene rings is 1. The van der Waals surface area contributed by atoms with E-state index in [-0.39, 0.29) is 24.0 Å². The lowest BCUT2D eigenvalue weighted by molar-refractivity contribution is -0.123. The summed E-state index contributed by atoms with van der Waals surface area (Å²) in [6.45, 7) is 0.511. The number of aromatic nitrogens is 2. The molecular weight excluding hydrogens is 318 g/mol. The van der Waals surface area contributed by atoms with E-state index in [0.717, 1.165) is 24.2 Å². The number of carbonyl (C=O) groups is 1. The maximum Gasteiger partial charge on any atom is 0.220 e. The van der Waals surface area contributed by atoms with E-state index in [1.54, 1.807) is 10.9 Å². The van der Waals surface area contributed by atoms with Gasteiger partial charge in [-0.15, -0.1) is 0 Å². The normalized spacial score (nSPS) is 20.6. The van der Waals surface area contributed by atoms with Crippen LogP contribution in [0.3, 0.4) is 0 Å². The van der Waals surface area contributed by atoms with Gasteiger partial charge in [0.05, 0.1) is 24.9 Å². The molecule has 6 nitrogen and oxygen atoms in total. The van der Waals surface area contributed by atoms with E-state index in [2.05, 4.69) is 10.4 Å². The number of aliphatic hydroxyl groups is 1. The number of carbonyl (C=O) groups excluding carboxylic acids is 1. The first-order valence-electron chi connectivity index (χ1n) is 8.75. The molecule has 2 N–H and O–H groups in total. The van der Waals surface area contributed by atoms with Crippen LogP contribution in [0.15, 0.2) is 42.7 Å². The summed E-state index contributed by atoms with van der Waals surface area (Å²) in [7, 11) is 1.86. The Balaban J connectivity index is 1.47. The minimum absolute atomic E-state index is 0.00639. The Labute approximate surface area is 147 Å². The lowest BCUT2D eigenvalue weighted by atomic mass is 9.75. The van der Waals surface area contributed by atoms with E-state index in [1.807, 2.05) is 43.6 Å². The Morgan fingerprint density at radius 1 is 1.40 bits per heavy atom. The third-order valence-electron chi connectivity index (χ3n) is 4.58. The average Bonchev–Trinajstić information content (AvgIpc) is 3.01. The number of rotatable bonds is 8. The van der Waals surface area contributed by atoms with Gasteiger partial charge in [0.15, 0.2) is 0 Å². The Morgan fingerprint density at radius 3 is 2.80 bits per heavy atom. The second-order valence-corrected chi connectivity index (χ2v) is 6.64. The number of hydrogen-bond donors (Lipinski definition) is 2. The highest BCUT2D eigenvalue weighted by Gasteiger charge is 2.36. The molecular formula is C19H25N3O3. The van der Waals surface area contributed by atoms with E-state index in [0.29, 0.717) is 19.4 Å². The zero-order valence-electron chi connectivity index (χ0n) is 14.5. The quantitative estimate of drug-likeness (QED) is 0.721. The fourth-order valence-electron chi connectivity index (χ4n) is 3.16. The number of hydrogen-bond acceptors (Lipinski definition) is 4. The van der Waals surface area contributed by atoms with Crippen molar-refractivity contribution >= 4 is 5.91 Å². The number of para-hydroxylation sites is 1. The lowest BCUT2D eigenvalue weighted by Gasteiger charge is -2.37. The van der Waals surface area contributed by atoms with Gasteiger partial charge >= 0.3 is 0 Å². The van der Waals surface area contributed by atoms with E-state index >= 15 is 0 Å². The maximum absolute atomic E-state index is 12.3. The summed E-state index contributed by atoms with van der Waals surface area (Å²) >= 11 is 0. The summed E-state index contributed by atoms with van der Waals surface area (Å²) in [6, 6.07) is 9.51. The topological polar surface area (TPSA) is 76.4 Å². The molecule has 134 valence electrons. The van der Waals surface area contributed by atoms with E-state index in [9.17, 15) is 9.90 Å². The van der Waals surface area contributed by atoms with Crippen LogP contribution in [0, 0.1) is 5.92 Å². The van der Waals surface area contributed by atoms with Gasteiger partial charge in [-0.05, 0) is 37.3 Å². The Morgan fingerprint density at radius 2 is 2.16 bits per heavy atom. The minimum Gasteiger partial charge on any atom is -0.494 e. The van der Waals surface area contributed by atoms with Crippen molar-refractivity contribution in [1.82, 2.24) is 15.1 Å². The van der Waals surface area contributed by atoms with E-state index < -0.39 is 0 Å². The predicted molar refractivity (Wildman–Crippen MR) is 94.0 cm³/mol. The number of amides is 1. The van der Waals surface area contributed by atoms with Crippen LogP contribution in [0.25, 0.3) is 0 Å². The van der Waals surface area contributed by atoms with Crippen molar-refractivity contribution in [3.05, 3.63) is 48.3 Å². The SMILES string of the molecule is Cn1cc([C@H](NC(=O)CCCOc2ccccc2)C2CC(O)C2)cn1. The molecule has 1 aromatic heterocycles. The zero-order valence-corrected chi connectivity index (χ0v) is 14.5. The van der Waals surface area contributed by atoms with Crippen LogP contribution in [0.4, 0.5) is 0 Å². The highest BCUT2D eigenvalue weighted by Crippen LogP contribution is 2.38. The molecule has 1 atom stereocenters. The second-order valence-electron chi connectivity index (χ2n) is 6.64. The van der Waals surface area contributed by atoms with Gasteiger partial charge in [0.2, 0.25) is 5.91 Å². The molecule has 0 spiro atoms. The monoisotopic (exact) mass is 343 g/mol. The molecule has 1 fully saturated rings. The van der Waals surface area contributed by atoms with Crippen LogP contribution in [-0.4, -0.2) is 33.5 Å². The van der Waals surface area contributed by atoms with Gasteiger partial charge < -0.3 is 15.2 Å². The molecule has 1 amide bonds. The van der Waals surface area contributed by atoms with Crippen molar-refractivity contribution in [3.63, 3.8) is 0 Å². The third kappa shape index (κ3) is 4.82. The highest BCUT2D eigenvalue weighted by molar-refractivity contribution is 5.76. The van der Waals surface area contributed by atoms with Crippen LogP contribution >= 0.6 is 0 Å². The van der Waals surface area contributed by atoms with Gasteiger partial charge in [-0.25, -0.2) is 0 Å². The molecule has 0 aliphatic heterocycles. The molecule has 0 radical (unpaired) electrons. The molecule has 1 aliphatic rings. The predicted octanol–water partition coefficient (Wildman–Crippen LogP) is 2.21. The molecule has 25 heavy (non-hydrogen) atoms. The van der Waals surface area contributed by atoms with Crippen molar-refractivity contribution in [1.29, 1.82) is 0 Å². The van der Waals surface area contributed by atoms with Crippen LogP contribution in [0.5, 0.6) is 5.75 Å². The largest absolute Gasteiger partial charge is 0.494 e. The molecule has 3 rings (SSSR count). The van der Waals surface area contributed by atoms with Crippen LogP contribution in [-0.2, 0) is 11.8 Å². The van der Waals surface area contributed by atoms with Crippen LogP contribution in [0.2, 0.25) is 0 Å². The van der Waals surface area contributed by atoms with Gasteiger partial charge in [0.1, 0.15) is 5.75 Å². The van der Waals surface area contributed by atoms with E-state index in [1.165, 1.54) is 0 Å². The number of nitrogens with zero attached hydrogens (tertiary/aromatic N) is 2. The summed E-state index contributed by atoms with van der Waals surface area (Å²) < 4.78 is 7.35.